The van der Waals surface area contributed by atoms with Crippen LogP contribution in [-0.2, 0) is 23.8 Å². The van der Waals surface area contributed by atoms with Crippen LogP contribution in [0.15, 0.2) is 12.3 Å². The van der Waals surface area contributed by atoms with Gasteiger partial charge in [-0.15, -0.1) is 0 Å². The average molecular weight is 270 g/mol. The molecule has 0 aromatic rings. The van der Waals surface area contributed by atoms with Crippen LogP contribution in [0.5, 0.6) is 0 Å². The van der Waals surface area contributed by atoms with Gasteiger partial charge in [0.25, 0.3) is 0 Å². The van der Waals surface area contributed by atoms with E-state index >= 15 is 0 Å². The van der Waals surface area contributed by atoms with E-state index in [1.807, 2.05) is 13.0 Å². The fourth-order valence-electron chi connectivity index (χ4n) is 2.62. The summed E-state index contributed by atoms with van der Waals surface area (Å²) >= 11 is 0. The maximum absolute atomic E-state index is 11.2. The van der Waals surface area contributed by atoms with Crippen molar-refractivity contribution in [1.82, 2.24) is 0 Å². The molecule has 3 atom stereocenters. The fraction of sp³-hybridized carbons (Fsp3) is 0.714. The van der Waals surface area contributed by atoms with Gasteiger partial charge in [0, 0.05) is 19.3 Å². The zero-order chi connectivity index (χ0) is 14.5. The van der Waals surface area contributed by atoms with Crippen molar-refractivity contribution >= 4 is 11.9 Å². The molecule has 0 N–H and O–H groups in total. The first-order valence-electron chi connectivity index (χ1n) is 6.42. The normalized spacial score (nSPS) is 30.3. The van der Waals surface area contributed by atoms with Crippen molar-refractivity contribution in [1.29, 1.82) is 0 Å². The molecule has 1 rings (SSSR count). The van der Waals surface area contributed by atoms with Gasteiger partial charge in [-0.2, -0.15) is 0 Å². The SMILES string of the molecule is CO/C=C/CC1(C)[C@@H](OC(C)=O)CC[C@H]1OC(C)=O. The van der Waals surface area contributed by atoms with Gasteiger partial charge in [0.05, 0.1) is 13.4 Å². The maximum Gasteiger partial charge on any atom is 0.302 e. The molecule has 108 valence electrons. The minimum Gasteiger partial charge on any atom is -0.505 e. The number of rotatable bonds is 5. The molecule has 5 heteroatoms. The number of ether oxygens (including phenoxy) is 3. The molecule has 0 bridgehead atoms. The van der Waals surface area contributed by atoms with Crippen LogP contribution in [0.2, 0.25) is 0 Å². The van der Waals surface area contributed by atoms with Crippen LogP contribution in [0.3, 0.4) is 0 Å². The van der Waals surface area contributed by atoms with Gasteiger partial charge in [0.15, 0.2) is 0 Å². The van der Waals surface area contributed by atoms with E-state index in [1.165, 1.54) is 13.8 Å². The van der Waals surface area contributed by atoms with Crippen molar-refractivity contribution in [3.05, 3.63) is 12.3 Å². The Hall–Kier alpha value is -1.52. The third-order valence-corrected chi connectivity index (χ3v) is 3.57. The van der Waals surface area contributed by atoms with Crippen LogP contribution in [0.25, 0.3) is 0 Å². The number of hydrogen-bond acceptors (Lipinski definition) is 5. The molecule has 0 saturated heterocycles. The highest BCUT2D eigenvalue weighted by Crippen LogP contribution is 2.45. The van der Waals surface area contributed by atoms with Gasteiger partial charge >= 0.3 is 11.9 Å². The lowest BCUT2D eigenvalue weighted by molar-refractivity contribution is -0.161. The molecule has 1 fully saturated rings. The van der Waals surface area contributed by atoms with E-state index in [-0.39, 0.29) is 24.1 Å². The zero-order valence-electron chi connectivity index (χ0n) is 12.0. The van der Waals surface area contributed by atoms with Crippen molar-refractivity contribution in [3.63, 3.8) is 0 Å². The molecule has 0 heterocycles. The lowest BCUT2D eigenvalue weighted by Gasteiger charge is -2.34. The summed E-state index contributed by atoms with van der Waals surface area (Å²) in [7, 11) is 1.57. The second-order valence-corrected chi connectivity index (χ2v) is 5.09. The van der Waals surface area contributed by atoms with E-state index in [2.05, 4.69) is 0 Å². The molecule has 19 heavy (non-hydrogen) atoms. The molecular weight excluding hydrogens is 248 g/mol. The molecule has 0 aliphatic heterocycles. The molecule has 0 aromatic heterocycles. The summed E-state index contributed by atoms with van der Waals surface area (Å²) in [6, 6.07) is 0. The number of carbonyl (C=O) groups is 2. The largest absolute Gasteiger partial charge is 0.505 e. The van der Waals surface area contributed by atoms with E-state index in [9.17, 15) is 9.59 Å². The minimum absolute atomic E-state index is 0.240. The molecular formula is C14H22O5. The Kier molecular flexibility index (Phi) is 5.39. The lowest BCUT2D eigenvalue weighted by atomic mass is 9.81. The predicted molar refractivity (Wildman–Crippen MR) is 69.2 cm³/mol. The van der Waals surface area contributed by atoms with Gasteiger partial charge in [-0.25, -0.2) is 0 Å². The topological polar surface area (TPSA) is 61.8 Å². The Morgan fingerprint density at radius 1 is 1.16 bits per heavy atom. The number of allylic oxidation sites excluding steroid dienone is 1. The first-order chi connectivity index (χ1) is 8.90. The maximum atomic E-state index is 11.2. The smallest absolute Gasteiger partial charge is 0.302 e. The van der Waals surface area contributed by atoms with Crippen LogP contribution >= 0.6 is 0 Å². The summed E-state index contributed by atoms with van der Waals surface area (Å²) in [4.78, 5) is 22.3. The number of methoxy groups -OCH3 is 1. The lowest BCUT2D eigenvalue weighted by Crippen LogP contribution is -2.40. The summed E-state index contributed by atoms with van der Waals surface area (Å²) in [6.07, 6.45) is 4.99. The fourth-order valence-corrected chi connectivity index (χ4v) is 2.62. The summed E-state index contributed by atoms with van der Waals surface area (Å²) in [5.41, 5.74) is -0.410. The Labute approximate surface area is 113 Å². The highest BCUT2D eigenvalue weighted by Gasteiger charge is 2.49. The zero-order valence-corrected chi connectivity index (χ0v) is 12.0. The Balaban J connectivity index is 2.85. The van der Waals surface area contributed by atoms with E-state index in [0.717, 1.165) is 0 Å². The summed E-state index contributed by atoms with van der Waals surface area (Å²) in [6.45, 7) is 4.76. The Morgan fingerprint density at radius 2 is 1.63 bits per heavy atom. The van der Waals surface area contributed by atoms with Crippen molar-refractivity contribution in [2.24, 2.45) is 5.41 Å². The Bertz CT molecular complexity index is 337. The predicted octanol–water partition coefficient (Wildman–Crippen LogP) is 2.20. The standard InChI is InChI=1S/C14H22O5/c1-10(15)18-12-6-7-13(19-11(2)16)14(12,3)8-5-9-17-4/h5,9,12-13H,6-8H2,1-4H3/b9-5+/t12-,13+,14?. The molecule has 0 amide bonds. The average Bonchev–Trinajstić information content (AvgIpc) is 2.57. The van der Waals surface area contributed by atoms with Gasteiger partial charge < -0.3 is 14.2 Å². The van der Waals surface area contributed by atoms with Crippen molar-refractivity contribution in [3.8, 4) is 0 Å². The first-order valence-corrected chi connectivity index (χ1v) is 6.42. The quantitative estimate of drug-likeness (QED) is 0.566. The number of carbonyl (C=O) groups excluding carboxylic acids is 2. The van der Waals surface area contributed by atoms with E-state index in [1.54, 1.807) is 13.4 Å². The van der Waals surface area contributed by atoms with Gasteiger partial charge in [0.2, 0.25) is 0 Å². The second kappa shape index (κ2) is 6.59. The highest BCUT2D eigenvalue weighted by atomic mass is 16.6. The van der Waals surface area contributed by atoms with E-state index in [0.29, 0.717) is 19.3 Å². The van der Waals surface area contributed by atoms with Crippen LogP contribution in [0, 0.1) is 5.41 Å². The molecule has 1 saturated carbocycles. The van der Waals surface area contributed by atoms with Crippen molar-refractivity contribution < 1.29 is 23.8 Å². The number of hydrogen-bond donors (Lipinski definition) is 0. The van der Waals surface area contributed by atoms with Gasteiger partial charge in [-0.05, 0) is 25.3 Å². The molecule has 1 unspecified atom stereocenters. The molecule has 5 nitrogen and oxygen atoms in total. The summed E-state index contributed by atoms with van der Waals surface area (Å²) in [5, 5.41) is 0. The Morgan fingerprint density at radius 3 is 2.00 bits per heavy atom. The molecule has 0 radical (unpaired) electrons. The van der Waals surface area contributed by atoms with E-state index in [4.69, 9.17) is 14.2 Å². The van der Waals surface area contributed by atoms with Crippen LogP contribution in [0.1, 0.15) is 40.0 Å². The third-order valence-electron chi connectivity index (χ3n) is 3.57. The molecule has 1 aliphatic carbocycles. The van der Waals surface area contributed by atoms with Gasteiger partial charge in [0.1, 0.15) is 12.2 Å². The van der Waals surface area contributed by atoms with Crippen molar-refractivity contribution in [2.75, 3.05) is 7.11 Å². The minimum atomic E-state index is -0.410. The monoisotopic (exact) mass is 270 g/mol. The van der Waals surface area contributed by atoms with Crippen LogP contribution < -0.4 is 0 Å². The highest BCUT2D eigenvalue weighted by molar-refractivity contribution is 5.67. The van der Waals surface area contributed by atoms with Gasteiger partial charge in [-0.1, -0.05) is 6.92 Å². The van der Waals surface area contributed by atoms with E-state index < -0.39 is 5.41 Å². The van der Waals surface area contributed by atoms with Crippen molar-refractivity contribution in [2.45, 2.75) is 52.2 Å². The molecule has 0 spiro atoms. The second-order valence-electron chi connectivity index (χ2n) is 5.09. The first kappa shape index (κ1) is 15.5. The number of esters is 2. The van der Waals surface area contributed by atoms with Gasteiger partial charge in [-0.3, -0.25) is 9.59 Å². The third kappa shape index (κ3) is 3.98. The van der Waals surface area contributed by atoms with Crippen LogP contribution in [-0.4, -0.2) is 31.3 Å². The summed E-state index contributed by atoms with van der Waals surface area (Å²) < 4.78 is 15.6. The molecule has 0 aromatic carbocycles. The summed E-state index contributed by atoms with van der Waals surface area (Å²) in [5.74, 6) is -0.620. The molecule has 1 aliphatic rings. The van der Waals surface area contributed by atoms with Crippen LogP contribution in [0.4, 0.5) is 0 Å².